The second-order valence-electron chi connectivity index (χ2n) is 2.76. The zero-order valence-corrected chi connectivity index (χ0v) is 7.82. The van der Waals surface area contributed by atoms with Crippen LogP contribution in [0.3, 0.4) is 0 Å². The summed E-state index contributed by atoms with van der Waals surface area (Å²) >= 11 is 11.2. The number of H-pyrrole nitrogens is 1. The fraction of sp³-hybridized carbons (Fsp3) is 0.333. The zero-order chi connectivity index (χ0) is 9.69. The number of fused-ring (bicyclic) bond motifs is 1. The molecule has 0 saturated carbocycles. The van der Waals surface area contributed by atoms with E-state index < -0.39 is 10.5 Å². The minimum Gasteiger partial charge on any atom is -0.359 e. The van der Waals surface area contributed by atoms with E-state index in [1.807, 2.05) is 0 Å². The van der Waals surface area contributed by atoms with Crippen LogP contribution in [0.5, 0.6) is 0 Å². The van der Waals surface area contributed by atoms with E-state index in [0.29, 0.717) is 11.4 Å². The first kappa shape index (κ1) is 9.11. The Morgan fingerprint density at radius 3 is 2.69 bits per heavy atom. The Balaban J connectivity index is 2.48. The Bertz CT molecular complexity index is 336. The van der Waals surface area contributed by atoms with E-state index in [9.17, 15) is 10.2 Å². The molecule has 0 amide bonds. The monoisotopic (exact) mass is 223 g/mol. The molecule has 0 aliphatic carbocycles. The highest BCUT2D eigenvalue weighted by Gasteiger charge is 2.43. The highest BCUT2D eigenvalue weighted by Crippen LogP contribution is 2.36. The van der Waals surface area contributed by atoms with Gasteiger partial charge in [0.25, 0.3) is 5.31 Å². The highest BCUT2D eigenvalue weighted by molar-refractivity contribution is 6.27. The second kappa shape index (κ2) is 2.52. The Hall–Kier alpha value is -0.460. The molecule has 2 unspecified atom stereocenters. The predicted molar refractivity (Wildman–Crippen MR) is 48.1 cm³/mol. The van der Waals surface area contributed by atoms with Gasteiger partial charge in [0.1, 0.15) is 5.82 Å². The molecule has 0 aromatic carbocycles. The number of anilines is 1. The van der Waals surface area contributed by atoms with Gasteiger partial charge in [-0.3, -0.25) is 0 Å². The van der Waals surface area contributed by atoms with Gasteiger partial charge in [-0.15, -0.1) is 0 Å². The van der Waals surface area contributed by atoms with Crippen molar-refractivity contribution in [3.05, 3.63) is 17.8 Å². The summed E-state index contributed by atoms with van der Waals surface area (Å²) in [5, 5.41) is 19.8. The topological polar surface area (TPSA) is 80.3 Å². The van der Waals surface area contributed by atoms with Crippen molar-refractivity contribution in [3.8, 4) is 0 Å². The van der Waals surface area contributed by atoms with Crippen molar-refractivity contribution in [1.82, 2.24) is 10.3 Å². The third-order valence-corrected chi connectivity index (χ3v) is 2.21. The predicted octanol–water partition coefficient (Wildman–Crippen LogP) is 0.214. The van der Waals surface area contributed by atoms with Crippen molar-refractivity contribution in [2.45, 2.75) is 10.5 Å². The van der Waals surface area contributed by atoms with Gasteiger partial charge in [-0.25, -0.2) is 5.32 Å². The Morgan fingerprint density at radius 1 is 1.31 bits per heavy atom. The molecule has 72 valence electrons. The molecular weight excluding hydrogens is 217 g/mol. The third-order valence-electron chi connectivity index (χ3n) is 1.73. The molecule has 1 aliphatic heterocycles. The molecule has 0 spiro atoms. The van der Waals surface area contributed by atoms with Gasteiger partial charge in [0.2, 0.25) is 5.18 Å². The summed E-state index contributed by atoms with van der Waals surface area (Å²) in [5.41, 5.74) is 0.375. The van der Waals surface area contributed by atoms with Crippen molar-refractivity contribution in [1.29, 1.82) is 0 Å². The fourth-order valence-electron chi connectivity index (χ4n) is 1.23. The molecule has 5 N–H and O–H groups in total. The van der Waals surface area contributed by atoms with Crippen LogP contribution in [-0.4, -0.2) is 20.5 Å². The number of hydrogen-bond donors (Lipinski definition) is 5. The van der Waals surface area contributed by atoms with Crippen LogP contribution in [0.25, 0.3) is 0 Å². The van der Waals surface area contributed by atoms with Crippen LogP contribution in [0.15, 0.2) is 12.3 Å². The number of aromatic nitrogens is 1. The molecule has 7 heteroatoms. The molecule has 1 aliphatic rings. The lowest BCUT2D eigenvalue weighted by Crippen LogP contribution is -2.58. The quantitative estimate of drug-likeness (QED) is 0.322. The first-order chi connectivity index (χ1) is 5.91. The first-order valence-electron chi connectivity index (χ1n) is 3.49. The zero-order valence-electron chi connectivity index (χ0n) is 6.31. The van der Waals surface area contributed by atoms with E-state index in [1.54, 1.807) is 12.3 Å². The molecule has 13 heavy (non-hydrogen) atoms. The van der Waals surface area contributed by atoms with E-state index in [0.717, 1.165) is 0 Å². The van der Waals surface area contributed by atoms with Gasteiger partial charge in [0.15, 0.2) is 0 Å². The Morgan fingerprint density at radius 2 is 2.00 bits per heavy atom. The molecule has 0 radical (unpaired) electrons. The molecule has 0 bridgehead atoms. The average molecular weight is 224 g/mol. The number of aliphatic hydroxyl groups is 2. The summed E-state index contributed by atoms with van der Waals surface area (Å²) < 4.78 is 0. The van der Waals surface area contributed by atoms with Crippen molar-refractivity contribution in [2.75, 3.05) is 5.32 Å². The summed E-state index contributed by atoms with van der Waals surface area (Å²) in [5.74, 6) is 0.369. The maximum Gasteiger partial charge on any atom is 0.280 e. The summed E-state index contributed by atoms with van der Waals surface area (Å²) in [4.78, 5) is 2.73. The summed E-state index contributed by atoms with van der Waals surface area (Å²) in [6, 6.07) is 1.56. The number of hydrogen-bond acceptors (Lipinski definition) is 4. The number of nitrogens with one attached hydrogen (secondary N) is 3. The Kier molecular flexibility index (Phi) is 1.77. The van der Waals surface area contributed by atoms with Crippen LogP contribution in [0.2, 0.25) is 0 Å². The lowest BCUT2D eigenvalue weighted by atomic mass is 10.2. The summed E-state index contributed by atoms with van der Waals surface area (Å²) in [6.45, 7) is 0. The van der Waals surface area contributed by atoms with Gasteiger partial charge in [-0.1, -0.05) is 11.6 Å². The van der Waals surface area contributed by atoms with Crippen LogP contribution in [0, 0.1) is 0 Å². The smallest absolute Gasteiger partial charge is 0.280 e. The molecule has 0 fully saturated rings. The molecule has 0 saturated heterocycles. The van der Waals surface area contributed by atoms with E-state index >= 15 is 0 Å². The first-order valence-corrected chi connectivity index (χ1v) is 4.24. The molecule has 1 aromatic rings. The van der Waals surface area contributed by atoms with E-state index in [4.69, 9.17) is 23.2 Å². The van der Waals surface area contributed by atoms with Crippen molar-refractivity contribution < 1.29 is 10.2 Å². The van der Waals surface area contributed by atoms with Gasteiger partial charge in [0, 0.05) is 6.20 Å². The van der Waals surface area contributed by atoms with Crippen LogP contribution < -0.4 is 10.6 Å². The standard InChI is InChI=1S/C6H7Cl2N3O2/c7-5(12)3-1-2-9-4(3)10-6(8,13)11-5/h1-2,9-13H. The van der Waals surface area contributed by atoms with Crippen LogP contribution in [0.4, 0.5) is 5.82 Å². The SMILES string of the molecule is OC1(Cl)Nc2[nH]ccc2C(O)(Cl)N1. The molecule has 5 nitrogen and oxygen atoms in total. The lowest BCUT2D eigenvalue weighted by Gasteiger charge is -2.36. The lowest BCUT2D eigenvalue weighted by molar-refractivity contribution is -0.00640. The minimum atomic E-state index is -1.96. The largest absolute Gasteiger partial charge is 0.359 e. The van der Waals surface area contributed by atoms with E-state index in [-0.39, 0.29) is 0 Å². The average Bonchev–Trinajstić information content (AvgIpc) is 2.29. The number of halogens is 2. The molecule has 2 atom stereocenters. The van der Waals surface area contributed by atoms with Gasteiger partial charge in [0.05, 0.1) is 5.56 Å². The van der Waals surface area contributed by atoms with Gasteiger partial charge >= 0.3 is 0 Å². The second-order valence-corrected chi connectivity index (χ2v) is 3.85. The van der Waals surface area contributed by atoms with Crippen molar-refractivity contribution >= 4 is 29.0 Å². The summed E-state index contributed by atoms with van der Waals surface area (Å²) in [7, 11) is 0. The van der Waals surface area contributed by atoms with E-state index in [1.165, 1.54) is 0 Å². The van der Waals surface area contributed by atoms with Gasteiger partial charge in [-0.2, -0.15) is 0 Å². The Labute approximate surface area is 83.7 Å². The van der Waals surface area contributed by atoms with E-state index in [2.05, 4.69) is 15.6 Å². The summed E-state index contributed by atoms with van der Waals surface area (Å²) in [6.07, 6.45) is 1.56. The van der Waals surface area contributed by atoms with Crippen molar-refractivity contribution in [2.24, 2.45) is 0 Å². The number of rotatable bonds is 0. The molecule has 2 heterocycles. The molecule has 1 aromatic heterocycles. The van der Waals surface area contributed by atoms with Crippen LogP contribution >= 0.6 is 23.2 Å². The fourth-order valence-corrected chi connectivity index (χ4v) is 1.81. The van der Waals surface area contributed by atoms with Gasteiger partial charge in [-0.05, 0) is 17.7 Å². The minimum absolute atomic E-state index is 0.369. The van der Waals surface area contributed by atoms with Crippen LogP contribution in [-0.2, 0) is 5.18 Å². The highest BCUT2D eigenvalue weighted by atomic mass is 35.5. The maximum absolute atomic E-state index is 9.60. The third kappa shape index (κ3) is 1.49. The number of aromatic amines is 1. The number of alkyl halides is 2. The molecular formula is C6H7Cl2N3O2. The van der Waals surface area contributed by atoms with Crippen LogP contribution in [0.1, 0.15) is 5.56 Å². The van der Waals surface area contributed by atoms with Gasteiger partial charge < -0.3 is 20.5 Å². The molecule has 2 rings (SSSR count). The maximum atomic E-state index is 9.60. The normalized spacial score (nSPS) is 38.2. The van der Waals surface area contributed by atoms with Crippen molar-refractivity contribution in [3.63, 3.8) is 0 Å².